The second-order valence-electron chi connectivity index (χ2n) is 7.02. The number of aromatic nitrogens is 1. The lowest BCUT2D eigenvalue weighted by Crippen LogP contribution is -2.49. The van der Waals surface area contributed by atoms with Gasteiger partial charge in [-0.3, -0.25) is 4.79 Å². The van der Waals surface area contributed by atoms with Gasteiger partial charge >= 0.3 is 0 Å². The maximum absolute atomic E-state index is 12.4. The van der Waals surface area contributed by atoms with Crippen molar-refractivity contribution in [1.29, 1.82) is 5.26 Å². The molecule has 1 aliphatic carbocycles. The molecule has 0 spiro atoms. The Morgan fingerprint density at radius 1 is 1.32 bits per heavy atom. The van der Waals surface area contributed by atoms with Gasteiger partial charge in [0.25, 0.3) is 0 Å². The number of hydrogen-bond donors (Lipinski definition) is 0. The molecule has 0 radical (unpaired) electrons. The fourth-order valence-corrected chi connectivity index (χ4v) is 3.43. The zero-order valence-electron chi connectivity index (χ0n) is 15.4. The van der Waals surface area contributed by atoms with E-state index < -0.39 is 0 Å². The van der Waals surface area contributed by atoms with E-state index in [9.17, 15) is 10.1 Å². The van der Waals surface area contributed by atoms with E-state index in [1.165, 1.54) is 0 Å². The Bertz CT molecular complexity index is 895. The molecule has 7 nitrogen and oxygen atoms in total. The first-order valence-corrected chi connectivity index (χ1v) is 9.84. The third-order valence-corrected chi connectivity index (χ3v) is 5.19. The van der Waals surface area contributed by atoms with Crippen molar-refractivity contribution >= 4 is 23.4 Å². The second kappa shape index (κ2) is 8.11. The van der Waals surface area contributed by atoms with Crippen LogP contribution < -0.4 is 9.64 Å². The molecule has 28 heavy (non-hydrogen) atoms. The number of piperazine rings is 1. The number of carbonyl (C=O) groups excluding carboxylic acids is 1. The van der Waals surface area contributed by atoms with Gasteiger partial charge in [0.2, 0.25) is 23.4 Å². The Morgan fingerprint density at radius 3 is 2.79 bits per heavy atom. The van der Waals surface area contributed by atoms with E-state index in [-0.39, 0.29) is 5.91 Å². The number of halogens is 1. The molecule has 0 atom stereocenters. The minimum absolute atomic E-state index is 0.0541. The average Bonchev–Trinajstić information content (AvgIpc) is 3.47. The summed E-state index contributed by atoms with van der Waals surface area (Å²) in [6, 6.07) is 9.25. The van der Waals surface area contributed by atoms with Gasteiger partial charge in [-0.05, 0) is 31.0 Å². The number of ether oxygens (including phenoxy) is 1. The number of benzene rings is 1. The van der Waals surface area contributed by atoms with E-state index in [2.05, 4.69) is 11.1 Å². The van der Waals surface area contributed by atoms with Gasteiger partial charge in [0, 0.05) is 37.1 Å². The SMILES string of the molecule is N#Cc1nc(C2CC2)oc1N1CCN(C(=O)CCOc2cccc(Cl)c2)CC1. The molecular formula is C20H21ClN4O3. The molecule has 146 valence electrons. The van der Waals surface area contributed by atoms with Gasteiger partial charge in [-0.1, -0.05) is 17.7 Å². The third kappa shape index (κ3) is 4.23. The first-order valence-electron chi connectivity index (χ1n) is 9.46. The Morgan fingerprint density at radius 2 is 2.11 bits per heavy atom. The summed E-state index contributed by atoms with van der Waals surface area (Å²) < 4.78 is 11.4. The molecule has 0 unspecified atom stereocenters. The summed E-state index contributed by atoms with van der Waals surface area (Å²) in [7, 11) is 0. The van der Waals surface area contributed by atoms with Gasteiger partial charge in [0.15, 0.2) is 0 Å². The van der Waals surface area contributed by atoms with Crippen LogP contribution in [0.5, 0.6) is 5.75 Å². The lowest BCUT2D eigenvalue weighted by Gasteiger charge is -2.34. The zero-order valence-corrected chi connectivity index (χ0v) is 16.2. The number of amides is 1. The van der Waals surface area contributed by atoms with Gasteiger partial charge < -0.3 is 19.0 Å². The molecule has 1 amide bonds. The van der Waals surface area contributed by atoms with Crippen molar-refractivity contribution in [3.63, 3.8) is 0 Å². The molecular weight excluding hydrogens is 380 g/mol. The van der Waals surface area contributed by atoms with Gasteiger partial charge in [0.1, 0.15) is 11.8 Å². The predicted octanol–water partition coefficient (Wildman–Crippen LogP) is 3.19. The maximum Gasteiger partial charge on any atom is 0.234 e. The van der Waals surface area contributed by atoms with Crippen LogP contribution in [0.4, 0.5) is 5.88 Å². The van der Waals surface area contributed by atoms with Crippen molar-refractivity contribution in [1.82, 2.24) is 9.88 Å². The lowest BCUT2D eigenvalue weighted by molar-refractivity contribution is -0.132. The molecule has 2 fully saturated rings. The fraction of sp³-hybridized carbons (Fsp3) is 0.450. The molecule has 1 saturated carbocycles. The average molecular weight is 401 g/mol. The van der Waals surface area contributed by atoms with Gasteiger partial charge in [-0.25, -0.2) is 4.98 Å². The third-order valence-electron chi connectivity index (χ3n) is 4.96. The van der Waals surface area contributed by atoms with Crippen molar-refractivity contribution in [2.75, 3.05) is 37.7 Å². The summed E-state index contributed by atoms with van der Waals surface area (Å²) in [5.41, 5.74) is 0.344. The molecule has 4 rings (SSSR count). The quantitative estimate of drug-likeness (QED) is 0.740. The van der Waals surface area contributed by atoms with Crippen LogP contribution in [-0.4, -0.2) is 48.6 Å². The summed E-state index contributed by atoms with van der Waals surface area (Å²) in [6.45, 7) is 2.72. The van der Waals surface area contributed by atoms with Crippen LogP contribution in [0.15, 0.2) is 28.7 Å². The van der Waals surface area contributed by atoms with Gasteiger partial charge in [-0.2, -0.15) is 5.26 Å². The van der Waals surface area contributed by atoms with Crippen LogP contribution in [0.3, 0.4) is 0 Å². The smallest absolute Gasteiger partial charge is 0.234 e. The minimum atomic E-state index is 0.0541. The van der Waals surface area contributed by atoms with E-state index >= 15 is 0 Å². The standard InChI is InChI=1S/C20H21ClN4O3/c21-15-2-1-3-16(12-15)27-11-6-18(26)24-7-9-25(10-8-24)20-17(13-22)23-19(28-20)14-4-5-14/h1-3,12,14H,4-11H2. The molecule has 0 N–H and O–H groups in total. The summed E-state index contributed by atoms with van der Waals surface area (Å²) in [5, 5.41) is 9.93. The molecule has 1 aliphatic heterocycles. The normalized spacial score (nSPS) is 16.7. The second-order valence-corrected chi connectivity index (χ2v) is 7.45. The number of oxazole rings is 1. The summed E-state index contributed by atoms with van der Waals surface area (Å²) in [5.74, 6) is 2.29. The van der Waals surface area contributed by atoms with Crippen molar-refractivity contribution in [3.8, 4) is 11.8 Å². The largest absolute Gasteiger partial charge is 0.493 e. The Kier molecular flexibility index (Phi) is 5.40. The number of nitriles is 1. The highest BCUT2D eigenvalue weighted by Crippen LogP contribution is 2.41. The van der Waals surface area contributed by atoms with Crippen molar-refractivity contribution in [2.45, 2.75) is 25.2 Å². The van der Waals surface area contributed by atoms with E-state index in [0.29, 0.717) is 73.4 Å². The van der Waals surface area contributed by atoms with E-state index in [0.717, 1.165) is 12.8 Å². The van der Waals surface area contributed by atoms with E-state index in [1.807, 2.05) is 21.9 Å². The van der Waals surface area contributed by atoms with Crippen LogP contribution in [0.2, 0.25) is 5.02 Å². The van der Waals surface area contributed by atoms with Crippen LogP contribution in [0, 0.1) is 11.3 Å². The number of nitrogens with zero attached hydrogens (tertiary/aromatic N) is 4. The van der Waals surface area contributed by atoms with Gasteiger partial charge in [-0.15, -0.1) is 0 Å². The molecule has 0 bridgehead atoms. The Labute approximate surface area is 168 Å². The van der Waals surface area contributed by atoms with Crippen LogP contribution >= 0.6 is 11.6 Å². The number of anilines is 1. The van der Waals surface area contributed by atoms with E-state index in [1.54, 1.807) is 12.1 Å². The molecule has 2 aromatic rings. The Hall–Kier alpha value is -2.72. The highest BCUT2D eigenvalue weighted by atomic mass is 35.5. The summed E-state index contributed by atoms with van der Waals surface area (Å²) in [4.78, 5) is 20.6. The highest BCUT2D eigenvalue weighted by molar-refractivity contribution is 6.30. The van der Waals surface area contributed by atoms with Crippen LogP contribution in [-0.2, 0) is 4.79 Å². The first kappa shape index (κ1) is 18.6. The number of hydrogen-bond acceptors (Lipinski definition) is 6. The lowest BCUT2D eigenvalue weighted by atomic mass is 10.2. The molecule has 2 heterocycles. The molecule has 1 saturated heterocycles. The Balaban J connectivity index is 1.27. The summed E-state index contributed by atoms with van der Waals surface area (Å²) >= 11 is 5.92. The zero-order chi connectivity index (χ0) is 19.5. The molecule has 8 heteroatoms. The van der Waals surface area contributed by atoms with Crippen molar-refractivity contribution < 1.29 is 13.9 Å². The molecule has 1 aromatic carbocycles. The van der Waals surface area contributed by atoms with Crippen molar-refractivity contribution in [3.05, 3.63) is 40.9 Å². The molecule has 2 aliphatic rings. The minimum Gasteiger partial charge on any atom is -0.493 e. The monoisotopic (exact) mass is 400 g/mol. The van der Waals surface area contributed by atoms with Gasteiger partial charge in [0.05, 0.1) is 13.0 Å². The van der Waals surface area contributed by atoms with Crippen LogP contribution in [0.1, 0.15) is 36.8 Å². The summed E-state index contributed by atoms with van der Waals surface area (Å²) in [6.07, 6.45) is 2.46. The predicted molar refractivity (Wildman–Crippen MR) is 104 cm³/mol. The van der Waals surface area contributed by atoms with Crippen molar-refractivity contribution in [2.24, 2.45) is 0 Å². The fourth-order valence-electron chi connectivity index (χ4n) is 3.25. The van der Waals surface area contributed by atoms with Crippen LogP contribution in [0.25, 0.3) is 0 Å². The number of carbonyl (C=O) groups is 1. The maximum atomic E-state index is 12.4. The highest BCUT2D eigenvalue weighted by Gasteiger charge is 2.32. The molecule has 1 aromatic heterocycles. The number of rotatable bonds is 6. The van der Waals surface area contributed by atoms with E-state index in [4.69, 9.17) is 20.8 Å². The first-order chi connectivity index (χ1) is 13.6. The topological polar surface area (TPSA) is 82.6 Å².